The van der Waals surface area contributed by atoms with E-state index < -0.39 is 29.6 Å². The Kier molecular flexibility index (Phi) is 3.97. The van der Waals surface area contributed by atoms with Gasteiger partial charge >= 0.3 is 12.4 Å². The van der Waals surface area contributed by atoms with Crippen LogP contribution in [0.1, 0.15) is 34.3 Å². The van der Waals surface area contributed by atoms with Gasteiger partial charge in [0.05, 0.1) is 0 Å². The van der Waals surface area contributed by atoms with Gasteiger partial charge in [-0.15, -0.1) is 0 Å². The minimum Gasteiger partial charge on any atom is -0.295 e. The highest BCUT2D eigenvalue weighted by Crippen LogP contribution is 2.46. The van der Waals surface area contributed by atoms with E-state index >= 15 is 0 Å². The van der Waals surface area contributed by atoms with Crippen LogP contribution in [-0.4, -0.2) is 18.1 Å². The Balaban J connectivity index is 3.41. The Labute approximate surface area is 105 Å². The van der Waals surface area contributed by atoms with Crippen LogP contribution in [0.5, 0.6) is 0 Å². The Bertz CT molecular complexity index is 472. The van der Waals surface area contributed by atoms with E-state index in [1.165, 1.54) is 6.92 Å². The maximum Gasteiger partial charge on any atom is 0.404 e. The van der Waals surface area contributed by atoms with Crippen molar-refractivity contribution in [3.05, 3.63) is 34.9 Å². The summed E-state index contributed by atoms with van der Waals surface area (Å²) < 4.78 is 75.2. The lowest BCUT2D eigenvalue weighted by Crippen LogP contribution is -2.34. The second kappa shape index (κ2) is 4.86. The minimum absolute atomic E-state index is 0.143. The first-order chi connectivity index (χ1) is 8.44. The van der Waals surface area contributed by atoms with Gasteiger partial charge < -0.3 is 0 Å². The lowest BCUT2D eigenvalue weighted by molar-refractivity contribution is -0.253. The molecule has 1 aromatic rings. The molecule has 0 saturated carbocycles. The molecule has 0 bridgehead atoms. The molecule has 0 aliphatic heterocycles. The van der Waals surface area contributed by atoms with Gasteiger partial charge in [0.15, 0.2) is 11.7 Å². The molecule has 0 atom stereocenters. The summed E-state index contributed by atoms with van der Waals surface area (Å²) in [6.45, 7) is 2.53. The number of rotatable bonds is 2. The zero-order valence-corrected chi connectivity index (χ0v) is 9.99. The van der Waals surface area contributed by atoms with Crippen LogP contribution >= 0.6 is 0 Å². The van der Waals surface area contributed by atoms with E-state index in [9.17, 15) is 31.1 Å². The number of carbonyl (C=O) groups excluding carboxylic acids is 1. The molecule has 1 aromatic carbocycles. The fourth-order valence-electron chi connectivity index (χ4n) is 1.76. The number of ketones is 1. The van der Waals surface area contributed by atoms with Crippen molar-refractivity contribution in [2.24, 2.45) is 0 Å². The summed E-state index contributed by atoms with van der Waals surface area (Å²) in [5, 5.41) is 0. The van der Waals surface area contributed by atoms with E-state index in [2.05, 4.69) is 0 Å². The third-order valence-corrected chi connectivity index (χ3v) is 2.63. The number of hydrogen-bond donors (Lipinski definition) is 0. The maximum absolute atomic E-state index is 12.5. The number of Topliss-reactive ketones (excluding diaryl/α,β-unsaturated/α-hetero) is 1. The molecule has 1 nitrogen and oxygen atoms in total. The first-order valence-corrected chi connectivity index (χ1v) is 5.19. The van der Waals surface area contributed by atoms with Gasteiger partial charge in [-0.2, -0.15) is 26.3 Å². The second-order valence-corrected chi connectivity index (χ2v) is 4.15. The van der Waals surface area contributed by atoms with E-state index in [4.69, 9.17) is 0 Å². The van der Waals surface area contributed by atoms with Gasteiger partial charge in [-0.25, -0.2) is 0 Å². The summed E-state index contributed by atoms with van der Waals surface area (Å²) >= 11 is 0. The topological polar surface area (TPSA) is 17.1 Å². The molecule has 0 unspecified atom stereocenters. The summed E-state index contributed by atoms with van der Waals surface area (Å²) in [4.78, 5) is 11.2. The zero-order chi connectivity index (χ0) is 15.0. The number of hydrogen-bond acceptors (Lipinski definition) is 1. The van der Waals surface area contributed by atoms with Crippen LogP contribution in [0.15, 0.2) is 18.2 Å². The Hall–Kier alpha value is -1.53. The molecule has 19 heavy (non-hydrogen) atoms. The Morgan fingerprint density at radius 1 is 1.05 bits per heavy atom. The normalized spacial score (nSPS) is 12.9. The van der Waals surface area contributed by atoms with Crippen LogP contribution in [0.25, 0.3) is 0 Å². The fourth-order valence-corrected chi connectivity index (χ4v) is 1.76. The predicted molar refractivity (Wildman–Crippen MR) is 56.0 cm³/mol. The minimum atomic E-state index is -5.46. The molecule has 1 rings (SSSR count). The number of halogens is 6. The molecule has 0 aliphatic carbocycles. The summed E-state index contributed by atoms with van der Waals surface area (Å²) in [5.41, 5.74) is -0.786. The van der Waals surface area contributed by atoms with Crippen LogP contribution in [0.3, 0.4) is 0 Å². The van der Waals surface area contributed by atoms with Crippen LogP contribution in [0.4, 0.5) is 26.3 Å². The van der Waals surface area contributed by atoms with Crippen molar-refractivity contribution in [2.45, 2.75) is 32.1 Å². The summed E-state index contributed by atoms with van der Waals surface area (Å²) in [7, 11) is 0. The monoisotopic (exact) mass is 284 g/mol. The Morgan fingerprint density at radius 2 is 1.53 bits per heavy atom. The standard InChI is InChI=1S/C12H10F6O/c1-6-3-4-8(5-9(6)7(2)19)10(11(13,14)15)12(16,17)18/h3-5,10H,1-2H3. The van der Waals surface area contributed by atoms with Crippen molar-refractivity contribution < 1.29 is 31.1 Å². The van der Waals surface area contributed by atoms with Crippen molar-refractivity contribution >= 4 is 5.78 Å². The quantitative estimate of drug-likeness (QED) is 0.581. The molecule has 0 spiro atoms. The molecule has 0 aromatic heterocycles. The number of aryl methyl sites for hydroxylation is 1. The smallest absolute Gasteiger partial charge is 0.295 e. The van der Waals surface area contributed by atoms with E-state index in [-0.39, 0.29) is 5.56 Å². The molecule has 0 saturated heterocycles. The fraction of sp³-hybridized carbons (Fsp3) is 0.417. The molecule has 7 heteroatoms. The van der Waals surface area contributed by atoms with Gasteiger partial charge in [-0.1, -0.05) is 12.1 Å². The van der Waals surface area contributed by atoms with E-state index in [0.29, 0.717) is 11.6 Å². The van der Waals surface area contributed by atoms with Crippen LogP contribution in [0.2, 0.25) is 0 Å². The Morgan fingerprint density at radius 3 is 1.89 bits per heavy atom. The molecule has 0 amide bonds. The summed E-state index contributed by atoms with van der Waals surface area (Å²) in [5.74, 6) is -4.17. The van der Waals surface area contributed by atoms with Crippen LogP contribution in [0, 0.1) is 6.92 Å². The van der Waals surface area contributed by atoms with Gasteiger partial charge in [0.25, 0.3) is 0 Å². The molecule has 0 aliphatic rings. The molecule has 0 fully saturated rings. The van der Waals surface area contributed by atoms with Gasteiger partial charge in [0.1, 0.15) is 0 Å². The van der Waals surface area contributed by atoms with Crippen molar-refractivity contribution in [1.29, 1.82) is 0 Å². The molecule has 0 radical (unpaired) electrons. The van der Waals surface area contributed by atoms with Crippen molar-refractivity contribution in [1.82, 2.24) is 0 Å². The van der Waals surface area contributed by atoms with Crippen molar-refractivity contribution in [3.63, 3.8) is 0 Å². The number of benzene rings is 1. The summed E-state index contributed by atoms with van der Waals surface area (Å²) in [6.07, 6.45) is -10.9. The van der Waals surface area contributed by atoms with E-state index in [1.807, 2.05) is 0 Å². The lowest BCUT2D eigenvalue weighted by atomic mass is 9.93. The average molecular weight is 284 g/mol. The summed E-state index contributed by atoms with van der Waals surface area (Å²) in [6, 6.07) is 2.48. The van der Waals surface area contributed by atoms with Gasteiger partial charge in [0, 0.05) is 5.56 Å². The van der Waals surface area contributed by atoms with Crippen molar-refractivity contribution in [3.8, 4) is 0 Å². The van der Waals surface area contributed by atoms with Crippen molar-refractivity contribution in [2.75, 3.05) is 0 Å². The highest BCUT2D eigenvalue weighted by molar-refractivity contribution is 5.95. The average Bonchev–Trinajstić information content (AvgIpc) is 2.16. The first kappa shape index (κ1) is 15.5. The predicted octanol–water partition coefficient (Wildman–Crippen LogP) is 4.41. The molecule has 0 N–H and O–H groups in total. The lowest BCUT2D eigenvalue weighted by Gasteiger charge is -2.23. The van der Waals surface area contributed by atoms with E-state index in [1.54, 1.807) is 0 Å². The molecule has 106 valence electrons. The molecule has 0 heterocycles. The largest absolute Gasteiger partial charge is 0.404 e. The third kappa shape index (κ3) is 3.48. The maximum atomic E-state index is 12.5. The van der Waals surface area contributed by atoms with Gasteiger partial charge in [-0.05, 0) is 31.0 Å². The van der Waals surface area contributed by atoms with E-state index in [0.717, 1.165) is 19.1 Å². The third-order valence-electron chi connectivity index (χ3n) is 2.63. The zero-order valence-electron chi connectivity index (χ0n) is 9.99. The van der Waals surface area contributed by atoms with Crippen LogP contribution < -0.4 is 0 Å². The number of alkyl halides is 6. The highest BCUT2D eigenvalue weighted by Gasteiger charge is 2.57. The van der Waals surface area contributed by atoms with Gasteiger partial charge in [0.2, 0.25) is 0 Å². The highest BCUT2D eigenvalue weighted by atomic mass is 19.4. The van der Waals surface area contributed by atoms with Crippen LogP contribution in [-0.2, 0) is 0 Å². The molecular formula is C12H10F6O. The SMILES string of the molecule is CC(=O)c1cc(C(C(F)(F)F)C(F)(F)F)ccc1C. The number of carbonyl (C=O) groups is 1. The second-order valence-electron chi connectivity index (χ2n) is 4.15. The molecular weight excluding hydrogens is 274 g/mol. The van der Waals surface area contributed by atoms with Gasteiger partial charge in [-0.3, -0.25) is 4.79 Å². The first-order valence-electron chi connectivity index (χ1n) is 5.19.